The minimum Gasteiger partial charge on any atom is -0.497 e. The molecule has 0 saturated heterocycles. The predicted octanol–water partition coefficient (Wildman–Crippen LogP) is 23.5. The lowest BCUT2D eigenvalue weighted by atomic mass is 9.92. The van der Waals surface area contributed by atoms with Crippen molar-refractivity contribution in [3.05, 3.63) is 374 Å². The number of halogens is 7. The first-order chi connectivity index (χ1) is 62.9. The van der Waals surface area contributed by atoms with E-state index in [-0.39, 0.29) is 54.8 Å². The number of nitriles is 1. The summed E-state index contributed by atoms with van der Waals surface area (Å²) in [5.74, 6) is 1.93. The number of H-pyrrole nitrogens is 5. The van der Waals surface area contributed by atoms with Gasteiger partial charge >= 0.3 is 12.1 Å². The zero-order valence-electron chi connectivity index (χ0n) is 71.0. The van der Waals surface area contributed by atoms with Gasteiger partial charge in [-0.05, 0) is 240 Å². The van der Waals surface area contributed by atoms with E-state index in [1.807, 2.05) is 216 Å². The van der Waals surface area contributed by atoms with Gasteiger partial charge in [-0.25, -0.2) is 9.59 Å². The number of aromatic amines is 5. The summed E-state index contributed by atoms with van der Waals surface area (Å²) in [6.45, 7) is 7.35. The Kier molecular flexibility index (Phi) is 28.1. The maximum absolute atomic E-state index is 12.9. The summed E-state index contributed by atoms with van der Waals surface area (Å²) in [7, 11) is 3.18. The second kappa shape index (κ2) is 40.5. The van der Waals surface area contributed by atoms with Crippen LogP contribution in [0.2, 0.25) is 25.1 Å². The second-order valence-corrected chi connectivity index (χ2v) is 35.7. The minimum atomic E-state index is -0.226. The van der Waals surface area contributed by atoms with E-state index >= 15 is 0 Å². The van der Waals surface area contributed by atoms with Gasteiger partial charge in [0.2, 0.25) is 5.91 Å². The fourth-order valence-electron chi connectivity index (χ4n) is 18.6. The smallest absolute Gasteiger partial charge is 0.318 e. The third kappa shape index (κ3) is 19.5. The van der Waals surface area contributed by atoms with Crippen molar-refractivity contribution < 1.29 is 28.6 Å². The molecule has 0 aliphatic carbocycles. The zero-order valence-corrected chi connectivity index (χ0v) is 77.2. The summed E-state index contributed by atoms with van der Waals surface area (Å²) >= 11 is 40.3. The largest absolute Gasteiger partial charge is 0.497 e. The summed E-state index contributed by atoms with van der Waals surface area (Å²) in [4.78, 5) is 61.8. The van der Waals surface area contributed by atoms with Crippen LogP contribution in [0, 0.1) is 11.3 Å². The lowest BCUT2D eigenvalue weighted by Gasteiger charge is -2.36. The quantitative estimate of drug-likeness (QED) is 0.0470. The highest BCUT2D eigenvalue weighted by molar-refractivity contribution is 9.10. The molecule has 0 bridgehead atoms. The number of hydrogen-bond acceptors (Lipinski definition) is 9. The lowest BCUT2D eigenvalue weighted by molar-refractivity contribution is -0.137. The van der Waals surface area contributed by atoms with Crippen LogP contribution in [-0.4, -0.2) is 130 Å². The summed E-state index contributed by atoms with van der Waals surface area (Å²) in [5, 5.41) is 31.5. The zero-order chi connectivity index (χ0) is 89.3. The van der Waals surface area contributed by atoms with Gasteiger partial charge < -0.3 is 75.1 Å². The van der Waals surface area contributed by atoms with Crippen LogP contribution in [0.25, 0.3) is 54.5 Å². The van der Waals surface area contributed by atoms with Crippen molar-refractivity contribution in [3.8, 4) is 17.6 Å². The van der Waals surface area contributed by atoms with Crippen LogP contribution in [0.15, 0.2) is 253 Å². The van der Waals surface area contributed by atoms with E-state index in [1.54, 1.807) is 14.2 Å². The fourth-order valence-corrected chi connectivity index (χ4v) is 19.9. The Morgan fingerprint density at radius 1 is 0.434 bits per heavy atom. The molecule has 5 amide bonds. The van der Waals surface area contributed by atoms with E-state index in [4.69, 9.17) is 89.1 Å². The Labute approximate surface area is 786 Å². The molecular formula is C103H94BrCl6N13O6. The van der Waals surface area contributed by atoms with Crippen molar-refractivity contribution in [2.24, 2.45) is 0 Å². The molecule has 16 aromatic rings. The molecule has 11 aromatic carbocycles. The van der Waals surface area contributed by atoms with Gasteiger partial charge in [-0.3, -0.25) is 4.79 Å². The van der Waals surface area contributed by atoms with Gasteiger partial charge in [0.05, 0.1) is 49.0 Å². The number of ether oxygens (including phenoxy) is 3. The first kappa shape index (κ1) is 89.3. The van der Waals surface area contributed by atoms with Crippen molar-refractivity contribution in [3.63, 3.8) is 0 Å². The van der Waals surface area contributed by atoms with E-state index in [0.717, 1.165) is 149 Å². The van der Waals surface area contributed by atoms with Crippen LogP contribution in [0.5, 0.6) is 11.5 Å². The molecule has 26 heteroatoms. The van der Waals surface area contributed by atoms with E-state index < -0.39 is 0 Å². The number of rotatable bonds is 14. The van der Waals surface area contributed by atoms with Gasteiger partial charge in [0, 0.05) is 171 Å². The van der Waals surface area contributed by atoms with Crippen molar-refractivity contribution in [1.82, 2.24) is 60.9 Å². The van der Waals surface area contributed by atoms with Crippen molar-refractivity contribution >= 4 is 158 Å². The number of carbonyl (C=O) groups excluding carboxylic acids is 3. The highest BCUT2D eigenvalue weighted by Gasteiger charge is 2.39. The topological polar surface area (TPSA) is 239 Å². The van der Waals surface area contributed by atoms with Gasteiger partial charge in [-0.15, -0.1) is 11.6 Å². The van der Waals surface area contributed by atoms with E-state index in [2.05, 4.69) is 123 Å². The monoisotopic (exact) mass is 1900 g/mol. The lowest BCUT2D eigenvalue weighted by Crippen LogP contribution is -2.46. The van der Waals surface area contributed by atoms with Crippen LogP contribution in [0.3, 0.4) is 0 Å². The Balaban J connectivity index is 0.000000114. The number of alkyl halides is 1. The number of urea groups is 2. The van der Waals surface area contributed by atoms with E-state index in [9.17, 15) is 14.4 Å². The molecule has 129 heavy (non-hydrogen) atoms. The molecule has 9 N–H and O–H groups in total. The molecule has 5 aliphatic heterocycles. The van der Waals surface area contributed by atoms with Crippen LogP contribution in [0.1, 0.15) is 132 Å². The Morgan fingerprint density at radius 2 is 0.837 bits per heavy atom. The molecule has 0 saturated carbocycles. The van der Waals surface area contributed by atoms with E-state index in [1.165, 1.54) is 66.4 Å². The number of methoxy groups -OCH3 is 2. The van der Waals surface area contributed by atoms with Crippen molar-refractivity contribution in [2.45, 2.75) is 75.8 Å². The maximum Gasteiger partial charge on any atom is 0.318 e. The second-order valence-electron chi connectivity index (χ2n) is 32.2. The fraction of sp³-hybridized carbons (Fsp3) is 0.223. The maximum atomic E-state index is 12.9. The average molecular weight is 1900 g/mol. The van der Waals surface area contributed by atoms with Gasteiger partial charge in [0.25, 0.3) is 0 Å². The molecule has 656 valence electrons. The third-order valence-electron chi connectivity index (χ3n) is 24.4. The molecule has 10 heterocycles. The third-order valence-corrected chi connectivity index (χ3v) is 26.3. The minimum absolute atomic E-state index is 0.0250. The summed E-state index contributed by atoms with van der Waals surface area (Å²) < 4.78 is 17.4. The van der Waals surface area contributed by atoms with Gasteiger partial charge in [0.1, 0.15) is 24.7 Å². The molecule has 0 fully saturated rings. The molecule has 21 rings (SSSR count). The number of nitrogens with one attached hydrogen (secondary N) is 9. The summed E-state index contributed by atoms with van der Waals surface area (Å²) in [6.07, 6.45) is 4.37. The molecule has 5 unspecified atom stereocenters. The summed E-state index contributed by atoms with van der Waals surface area (Å²) in [6, 6.07) is 83.7. The van der Waals surface area contributed by atoms with Crippen LogP contribution in [-0.2, 0) is 48.2 Å². The molecule has 0 radical (unpaired) electrons. The standard InChI is InChI=1S/C27H26ClN3O2.C21H21Cl2N3O2.C20H18BrClN2O2.C18H14ClN3.C17H15ClN2/c1-2-29-27(32)31-15-14-22-23-16-20(28)10-13-24(23)30-25(22)26(31)19-8-11-21(12-9-19)33-17-18-6-4-3-5-7-18;1-28-15-5-2-13(3-6-15)20-19-16(8-11-26(20)21(27)24-10-9-22)17-12-14(23)4-7-18(17)25-19;1-26-11-18(25)24-8-7-15-16-10-13(21)5-6-17(16)23-19(15)20(24)12-3-2-4-14(22)9-12;19-13-5-6-16-15(9-13)14-7-8-21-17(18(14)22-16)12-3-1-11(10-20)2-4-12;18-12-6-7-15-14(10-12)13-8-9-19-16(17(13)20-15)11-4-2-1-3-5-11/h3-13,16,26,30H,2,14-15,17H2,1H3,(H,29,32);2-7,12,20,25H,8-11H2,1H3,(H,24,27);2-6,9-10,20,23H,7-8,11H2,1H3;1-6,9,17,21-22H,7-8H2;1-7,10,16,19-20H,8-9H2. The molecule has 5 aliphatic rings. The van der Waals surface area contributed by atoms with Gasteiger partial charge in [-0.1, -0.05) is 183 Å². The summed E-state index contributed by atoms with van der Waals surface area (Å²) in [5.41, 5.74) is 24.8. The van der Waals surface area contributed by atoms with E-state index in [0.29, 0.717) is 65.8 Å². The number of hydrogen-bond donors (Lipinski definition) is 9. The highest BCUT2D eigenvalue weighted by Crippen LogP contribution is 2.45. The Bertz CT molecular complexity index is 6780. The van der Waals surface area contributed by atoms with Gasteiger partial charge in [0.15, 0.2) is 0 Å². The number of nitrogens with zero attached hydrogens (tertiary/aromatic N) is 4. The molecule has 5 aromatic heterocycles. The molecule has 5 atom stereocenters. The van der Waals surface area contributed by atoms with Crippen LogP contribution >= 0.6 is 85.5 Å². The number of fused-ring (bicyclic) bond motifs is 15. The number of benzene rings is 11. The number of aromatic nitrogens is 5. The molecular weight excluding hydrogens is 1810 g/mol. The number of amides is 5. The Hall–Kier alpha value is -11.7. The van der Waals surface area contributed by atoms with Crippen molar-refractivity contribution in [2.75, 3.05) is 72.5 Å². The predicted molar refractivity (Wildman–Crippen MR) is 522 cm³/mol. The first-order valence-corrected chi connectivity index (χ1v) is 46.3. The molecule has 0 spiro atoms. The SMILES string of the molecule is CCNC(=O)N1CCc2c([nH]c3ccc(Cl)cc23)C1c1ccc(OCc2ccccc2)cc1.COCC(=O)N1CCc2c([nH]c3ccc(Br)cc23)C1c1cccc(Cl)c1.COc1ccc(C2c3[nH]c4ccc(Cl)cc4c3CCN2C(=O)NCCCl)cc1.Clc1ccc2[nH]c3c(c2c1)CCNC3c1ccccc1.N#Cc1ccc(C2NCCc3c2[nH]c2ccc(Cl)cc32)cc1. The number of carbonyl (C=O) groups is 3. The highest BCUT2D eigenvalue weighted by atomic mass is 79.9. The van der Waals surface area contributed by atoms with Gasteiger partial charge in [-0.2, -0.15) is 5.26 Å². The van der Waals surface area contributed by atoms with Crippen LogP contribution < -0.4 is 30.7 Å². The first-order valence-electron chi connectivity index (χ1n) is 43.0. The van der Waals surface area contributed by atoms with Crippen LogP contribution in [0.4, 0.5) is 9.59 Å². The average Bonchev–Trinajstić information content (AvgIpc) is 1.58. The normalized spacial score (nSPS) is 16.5. The van der Waals surface area contributed by atoms with Crippen molar-refractivity contribution in [1.29, 1.82) is 5.26 Å². The Morgan fingerprint density at radius 3 is 1.29 bits per heavy atom. The molecule has 19 nitrogen and oxygen atoms in total.